The van der Waals surface area contributed by atoms with E-state index in [1.54, 1.807) is 36.4 Å². The van der Waals surface area contributed by atoms with Gasteiger partial charge in [-0.05, 0) is 48.0 Å². The minimum atomic E-state index is -0.273. The molecule has 0 spiro atoms. The van der Waals surface area contributed by atoms with Gasteiger partial charge in [-0.15, -0.1) is 11.3 Å². The first-order chi connectivity index (χ1) is 15.7. The van der Waals surface area contributed by atoms with Crippen LogP contribution in [0.25, 0.3) is 21.9 Å². The van der Waals surface area contributed by atoms with Crippen LogP contribution in [0.1, 0.15) is 10.6 Å². The maximum absolute atomic E-state index is 12.1. The van der Waals surface area contributed by atoms with Gasteiger partial charge in [-0.3, -0.25) is 4.79 Å². The van der Waals surface area contributed by atoms with Gasteiger partial charge in [0.05, 0.1) is 22.9 Å². The number of hydrogen-bond donors (Lipinski definition) is 1. The summed E-state index contributed by atoms with van der Waals surface area (Å²) in [6.45, 7) is -0.157. The van der Waals surface area contributed by atoms with E-state index in [1.165, 1.54) is 18.4 Å². The van der Waals surface area contributed by atoms with E-state index in [9.17, 15) is 10.1 Å². The van der Waals surface area contributed by atoms with E-state index < -0.39 is 0 Å². The third kappa shape index (κ3) is 4.94. The molecule has 6 nitrogen and oxygen atoms in total. The normalized spacial score (nSPS) is 11.1. The Morgan fingerprint density at radius 1 is 1.09 bits per heavy atom. The summed E-state index contributed by atoms with van der Waals surface area (Å²) in [5, 5.41) is 13.1. The number of para-hydroxylation sites is 2. The minimum Gasteiger partial charge on any atom is -0.493 e. The first-order valence-electron chi connectivity index (χ1n) is 9.80. The molecule has 0 saturated carbocycles. The fraction of sp³-hybridized carbons (Fsp3) is 0.0800. The largest absolute Gasteiger partial charge is 0.493 e. The monoisotopic (exact) mass is 441 g/mol. The van der Waals surface area contributed by atoms with Gasteiger partial charge in [0, 0.05) is 5.69 Å². The van der Waals surface area contributed by atoms with Crippen LogP contribution in [-0.4, -0.2) is 24.6 Å². The van der Waals surface area contributed by atoms with E-state index >= 15 is 0 Å². The second kappa shape index (κ2) is 9.77. The Kier molecular flexibility index (Phi) is 6.44. The highest BCUT2D eigenvalue weighted by Gasteiger charge is 2.11. The summed E-state index contributed by atoms with van der Waals surface area (Å²) < 4.78 is 12.1. The number of nitriles is 1. The lowest BCUT2D eigenvalue weighted by Crippen LogP contribution is -2.20. The van der Waals surface area contributed by atoms with E-state index in [0.717, 1.165) is 15.8 Å². The van der Waals surface area contributed by atoms with Gasteiger partial charge in [0.25, 0.3) is 5.91 Å². The van der Waals surface area contributed by atoms with Gasteiger partial charge >= 0.3 is 0 Å². The topological polar surface area (TPSA) is 84.2 Å². The molecule has 1 amide bonds. The Bertz CT molecular complexity index is 1290. The van der Waals surface area contributed by atoms with Crippen molar-refractivity contribution < 1.29 is 14.3 Å². The highest BCUT2D eigenvalue weighted by atomic mass is 32.1. The zero-order valence-electron chi connectivity index (χ0n) is 17.2. The van der Waals surface area contributed by atoms with E-state index in [4.69, 9.17) is 9.47 Å². The zero-order valence-corrected chi connectivity index (χ0v) is 18.1. The van der Waals surface area contributed by atoms with Gasteiger partial charge in [0.1, 0.15) is 11.1 Å². The van der Waals surface area contributed by atoms with Crippen LogP contribution >= 0.6 is 11.3 Å². The van der Waals surface area contributed by atoms with E-state index in [-0.39, 0.29) is 12.5 Å². The molecule has 7 heteroatoms. The second-order valence-corrected chi connectivity index (χ2v) is 7.80. The number of aromatic nitrogens is 1. The summed E-state index contributed by atoms with van der Waals surface area (Å²) in [6, 6.07) is 24.4. The number of rotatable bonds is 7. The molecule has 1 aromatic heterocycles. The molecule has 0 fully saturated rings. The van der Waals surface area contributed by atoms with Gasteiger partial charge < -0.3 is 14.8 Å². The molecule has 158 valence electrons. The number of amides is 1. The molecular formula is C25H19N3O3S. The van der Waals surface area contributed by atoms with Crippen LogP contribution in [0.5, 0.6) is 11.5 Å². The average molecular weight is 442 g/mol. The van der Waals surface area contributed by atoms with Crippen LogP contribution in [0.2, 0.25) is 0 Å². The van der Waals surface area contributed by atoms with Crippen molar-refractivity contribution in [2.75, 3.05) is 19.0 Å². The van der Waals surface area contributed by atoms with Gasteiger partial charge in [-0.2, -0.15) is 5.26 Å². The first-order valence-corrected chi connectivity index (χ1v) is 10.6. The quantitative estimate of drug-likeness (QED) is 0.389. The van der Waals surface area contributed by atoms with Crippen molar-refractivity contribution in [2.24, 2.45) is 0 Å². The number of nitrogens with one attached hydrogen (secondary N) is 1. The molecule has 1 N–H and O–H groups in total. The van der Waals surface area contributed by atoms with Crippen molar-refractivity contribution in [3.05, 3.63) is 83.4 Å². The van der Waals surface area contributed by atoms with Crippen LogP contribution in [0.15, 0.2) is 72.8 Å². The van der Waals surface area contributed by atoms with Crippen molar-refractivity contribution >= 4 is 44.8 Å². The second-order valence-electron chi connectivity index (χ2n) is 6.77. The molecule has 4 aromatic rings. The fourth-order valence-corrected chi connectivity index (χ4v) is 3.98. The van der Waals surface area contributed by atoms with Crippen molar-refractivity contribution in [1.82, 2.24) is 4.98 Å². The van der Waals surface area contributed by atoms with Gasteiger partial charge in [-0.25, -0.2) is 4.98 Å². The summed E-state index contributed by atoms with van der Waals surface area (Å²) >= 11 is 1.47. The lowest BCUT2D eigenvalue weighted by molar-refractivity contribution is -0.118. The number of ether oxygens (including phenoxy) is 2. The first kappa shape index (κ1) is 21.1. The molecule has 0 bridgehead atoms. The summed E-state index contributed by atoms with van der Waals surface area (Å²) in [6.07, 6.45) is 1.76. The summed E-state index contributed by atoms with van der Waals surface area (Å²) in [4.78, 5) is 16.7. The van der Waals surface area contributed by atoms with Crippen LogP contribution in [0.4, 0.5) is 5.69 Å². The number of anilines is 1. The lowest BCUT2D eigenvalue weighted by atomic mass is 10.1. The lowest BCUT2D eigenvalue weighted by Gasteiger charge is -2.11. The fourth-order valence-electron chi connectivity index (χ4n) is 3.05. The van der Waals surface area contributed by atoms with Gasteiger partial charge in [0.2, 0.25) is 0 Å². The maximum atomic E-state index is 12.1. The number of fused-ring (bicyclic) bond motifs is 1. The number of hydrogen-bond acceptors (Lipinski definition) is 6. The van der Waals surface area contributed by atoms with Crippen LogP contribution in [-0.2, 0) is 4.79 Å². The molecule has 0 aliphatic rings. The van der Waals surface area contributed by atoms with E-state index in [2.05, 4.69) is 16.4 Å². The maximum Gasteiger partial charge on any atom is 0.262 e. The predicted molar refractivity (Wildman–Crippen MR) is 127 cm³/mol. The molecule has 1 heterocycles. The molecule has 0 radical (unpaired) electrons. The van der Waals surface area contributed by atoms with Gasteiger partial charge in [0.15, 0.2) is 18.1 Å². The third-order valence-electron chi connectivity index (χ3n) is 4.56. The summed E-state index contributed by atoms with van der Waals surface area (Å²) in [5.74, 6) is 0.629. The standard InChI is InChI=1S/C25H19N3O3S/c1-30-22-14-17(13-18(15-26)25-28-20-9-5-6-10-23(20)32-25)11-12-21(22)31-16-24(29)27-19-7-3-2-4-8-19/h2-14H,16H2,1H3,(H,27,29)/b18-13+. The molecule has 32 heavy (non-hydrogen) atoms. The van der Waals surface area contributed by atoms with Gasteiger partial charge in [-0.1, -0.05) is 36.4 Å². The Hall–Kier alpha value is -4.15. The predicted octanol–water partition coefficient (Wildman–Crippen LogP) is 5.39. The highest BCUT2D eigenvalue weighted by Crippen LogP contribution is 2.31. The SMILES string of the molecule is COc1cc(/C=C(\C#N)c2nc3ccccc3s2)ccc1OCC(=O)Nc1ccccc1. The number of carbonyl (C=O) groups is 1. The molecule has 0 atom stereocenters. The number of allylic oxidation sites excluding steroid dienone is 1. The van der Waals surface area contributed by atoms with Crippen molar-refractivity contribution in [1.29, 1.82) is 5.26 Å². The van der Waals surface area contributed by atoms with Crippen molar-refractivity contribution in [2.45, 2.75) is 0 Å². The van der Waals surface area contributed by atoms with Crippen LogP contribution < -0.4 is 14.8 Å². The van der Waals surface area contributed by atoms with E-state index in [1.807, 2.05) is 42.5 Å². The summed E-state index contributed by atoms with van der Waals surface area (Å²) in [7, 11) is 1.53. The van der Waals surface area contributed by atoms with Crippen molar-refractivity contribution in [3.63, 3.8) is 0 Å². The summed E-state index contributed by atoms with van der Waals surface area (Å²) in [5.41, 5.74) is 2.79. The number of thiazole rings is 1. The van der Waals surface area contributed by atoms with E-state index in [0.29, 0.717) is 27.8 Å². The number of methoxy groups -OCH3 is 1. The Labute approximate surface area is 189 Å². The smallest absolute Gasteiger partial charge is 0.262 e. The minimum absolute atomic E-state index is 0.157. The molecule has 3 aromatic carbocycles. The molecule has 4 rings (SSSR count). The number of nitrogens with zero attached hydrogens (tertiary/aromatic N) is 2. The Morgan fingerprint density at radius 2 is 1.88 bits per heavy atom. The molecule has 0 saturated heterocycles. The molecule has 0 unspecified atom stereocenters. The highest BCUT2D eigenvalue weighted by molar-refractivity contribution is 7.19. The van der Waals surface area contributed by atoms with Crippen molar-refractivity contribution in [3.8, 4) is 17.6 Å². The zero-order chi connectivity index (χ0) is 22.3. The molecule has 0 aliphatic heterocycles. The third-order valence-corrected chi connectivity index (χ3v) is 5.63. The number of carbonyl (C=O) groups excluding carboxylic acids is 1. The molecular weight excluding hydrogens is 422 g/mol. The van der Waals surface area contributed by atoms with Crippen LogP contribution in [0.3, 0.4) is 0 Å². The Balaban J connectivity index is 1.49. The van der Waals surface area contributed by atoms with Crippen LogP contribution in [0, 0.1) is 11.3 Å². The Morgan fingerprint density at radius 3 is 2.62 bits per heavy atom. The number of benzene rings is 3. The average Bonchev–Trinajstić information content (AvgIpc) is 3.26. The molecule has 0 aliphatic carbocycles.